The van der Waals surface area contributed by atoms with E-state index in [0.29, 0.717) is 13.2 Å². The number of benzene rings is 2. The Morgan fingerprint density at radius 3 is 2.53 bits per heavy atom. The van der Waals surface area contributed by atoms with Gasteiger partial charge < -0.3 is 9.15 Å². The van der Waals surface area contributed by atoms with E-state index < -0.39 is 0 Å². The maximum absolute atomic E-state index is 5.70. The van der Waals surface area contributed by atoms with Crippen molar-refractivity contribution in [2.45, 2.75) is 13.2 Å². The molecular formula is C16H13BrO2. The van der Waals surface area contributed by atoms with E-state index in [0.717, 1.165) is 10.2 Å². The summed E-state index contributed by atoms with van der Waals surface area (Å²) in [5, 5.41) is 2.43. The third-order valence-electron chi connectivity index (χ3n) is 3.04. The molecule has 0 fully saturated rings. The van der Waals surface area contributed by atoms with E-state index in [1.165, 1.54) is 16.3 Å². The number of hydrogen-bond acceptors (Lipinski definition) is 2. The Labute approximate surface area is 120 Å². The molecule has 0 spiro atoms. The molecule has 3 aromatic rings. The van der Waals surface area contributed by atoms with Crippen molar-refractivity contribution in [2.24, 2.45) is 0 Å². The molecule has 0 atom stereocenters. The largest absolute Gasteiger partial charge is 0.467 e. The van der Waals surface area contributed by atoms with Crippen molar-refractivity contribution in [3.63, 3.8) is 0 Å². The number of furan rings is 1. The Kier molecular flexibility index (Phi) is 3.67. The highest BCUT2D eigenvalue weighted by molar-refractivity contribution is 9.10. The summed E-state index contributed by atoms with van der Waals surface area (Å²) in [6, 6.07) is 16.3. The van der Waals surface area contributed by atoms with Crippen molar-refractivity contribution in [2.75, 3.05) is 0 Å². The van der Waals surface area contributed by atoms with E-state index in [-0.39, 0.29) is 0 Å². The zero-order valence-electron chi connectivity index (χ0n) is 10.3. The van der Waals surface area contributed by atoms with Gasteiger partial charge in [0.15, 0.2) is 0 Å². The first kappa shape index (κ1) is 12.5. The number of halogens is 1. The Morgan fingerprint density at radius 2 is 1.74 bits per heavy atom. The maximum atomic E-state index is 5.70. The van der Waals surface area contributed by atoms with Crippen LogP contribution in [0, 0.1) is 0 Å². The first-order chi connectivity index (χ1) is 9.34. The fourth-order valence-corrected chi connectivity index (χ4v) is 2.58. The van der Waals surface area contributed by atoms with Gasteiger partial charge in [0.25, 0.3) is 0 Å². The van der Waals surface area contributed by atoms with Gasteiger partial charge in [0, 0.05) is 4.47 Å². The normalized spacial score (nSPS) is 11.0. The minimum Gasteiger partial charge on any atom is -0.467 e. The van der Waals surface area contributed by atoms with Gasteiger partial charge in [-0.05, 0) is 34.5 Å². The Bertz CT molecular complexity index is 674. The fourth-order valence-electron chi connectivity index (χ4n) is 2.11. The minimum atomic E-state index is 0.497. The first-order valence-electron chi connectivity index (χ1n) is 6.11. The molecule has 0 aliphatic carbocycles. The smallest absolute Gasteiger partial charge is 0.129 e. The molecule has 1 aromatic heterocycles. The SMILES string of the molecule is Brc1ccc(COCc2ccco2)c2ccccc12. The average molecular weight is 317 g/mol. The zero-order valence-corrected chi connectivity index (χ0v) is 11.9. The zero-order chi connectivity index (χ0) is 13.1. The topological polar surface area (TPSA) is 22.4 Å². The lowest BCUT2D eigenvalue weighted by atomic mass is 10.1. The van der Waals surface area contributed by atoms with E-state index >= 15 is 0 Å². The molecule has 2 aromatic carbocycles. The Morgan fingerprint density at radius 1 is 0.895 bits per heavy atom. The number of rotatable bonds is 4. The molecule has 0 N–H and O–H groups in total. The molecule has 0 radical (unpaired) electrons. The summed E-state index contributed by atoms with van der Waals surface area (Å²) in [5.41, 5.74) is 1.19. The summed E-state index contributed by atoms with van der Waals surface area (Å²) in [6.07, 6.45) is 1.66. The van der Waals surface area contributed by atoms with E-state index in [1.807, 2.05) is 24.3 Å². The van der Waals surface area contributed by atoms with Crippen LogP contribution in [0.25, 0.3) is 10.8 Å². The van der Waals surface area contributed by atoms with Crippen LogP contribution in [0.3, 0.4) is 0 Å². The lowest BCUT2D eigenvalue weighted by Crippen LogP contribution is -1.94. The molecule has 0 amide bonds. The summed E-state index contributed by atoms with van der Waals surface area (Å²) in [6.45, 7) is 1.08. The van der Waals surface area contributed by atoms with E-state index in [1.54, 1.807) is 6.26 Å². The van der Waals surface area contributed by atoms with Gasteiger partial charge in [0.1, 0.15) is 12.4 Å². The Hall–Kier alpha value is -1.58. The lowest BCUT2D eigenvalue weighted by molar-refractivity contribution is 0.0937. The molecule has 19 heavy (non-hydrogen) atoms. The number of ether oxygens (including phenoxy) is 1. The van der Waals surface area contributed by atoms with E-state index in [4.69, 9.17) is 9.15 Å². The van der Waals surface area contributed by atoms with Crippen LogP contribution in [-0.2, 0) is 18.0 Å². The van der Waals surface area contributed by atoms with Crippen LogP contribution < -0.4 is 0 Å². The van der Waals surface area contributed by atoms with Crippen molar-refractivity contribution in [1.29, 1.82) is 0 Å². The van der Waals surface area contributed by atoms with Crippen LogP contribution >= 0.6 is 15.9 Å². The third kappa shape index (κ3) is 2.72. The summed E-state index contributed by atoms with van der Waals surface area (Å²) < 4.78 is 12.1. The van der Waals surface area contributed by atoms with Crippen molar-refractivity contribution in [1.82, 2.24) is 0 Å². The molecule has 96 valence electrons. The van der Waals surface area contributed by atoms with Gasteiger partial charge in [-0.1, -0.05) is 46.3 Å². The van der Waals surface area contributed by atoms with E-state index in [2.05, 4.69) is 40.2 Å². The van der Waals surface area contributed by atoms with Crippen LogP contribution in [0.5, 0.6) is 0 Å². The summed E-state index contributed by atoms with van der Waals surface area (Å²) in [5.74, 6) is 0.849. The fraction of sp³-hybridized carbons (Fsp3) is 0.125. The van der Waals surface area contributed by atoms with Crippen LogP contribution in [0.2, 0.25) is 0 Å². The van der Waals surface area contributed by atoms with Gasteiger partial charge in [0.2, 0.25) is 0 Å². The predicted octanol–water partition coefficient (Wildman–Crippen LogP) is 4.91. The molecule has 1 heterocycles. The highest BCUT2D eigenvalue weighted by Crippen LogP contribution is 2.27. The average Bonchev–Trinajstić information content (AvgIpc) is 2.95. The van der Waals surface area contributed by atoms with Crippen LogP contribution in [0.4, 0.5) is 0 Å². The molecule has 0 saturated carbocycles. The standard InChI is InChI=1S/C16H13BrO2/c17-16-8-7-12(14-5-1-2-6-15(14)16)10-18-11-13-4-3-9-19-13/h1-9H,10-11H2. The van der Waals surface area contributed by atoms with Crippen LogP contribution in [0.15, 0.2) is 63.7 Å². The van der Waals surface area contributed by atoms with Gasteiger partial charge in [-0.15, -0.1) is 0 Å². The molecule has 0 aliphatic heterocycles. The summed E-state index contributed by atoms with van der Waals surface area (Å²) in [7, 11) is 0. The van der Waals surface area contributed by atoms with Gasteiger partial charge in [-0.3, -0.25) is 0 Å². The molecule has 3 rings (SSSR count). The maximum Gasteiger partial charge on any atom is 0.129 e. The highest BCUT2D eigenvalue weighted by atomic mass is 79.9. The van der Waals surface area contributed by atoms with Gasteiger partial charge in [-0.2, -0.15) is 0 Å². The van der Waals surface area contributed by atoms with Crippen molar-refractivity contribution in [3.8, 4) is 0 Å². The molecule has 3 heteroatoms. The number of hydrogen-bond donors (Lipinski definition) is 0. The van der Waals surface area contributed by atoms with Gasteiger partial charge in [-0.25, -0.2) is 0 Å². The van der Waals surface area contributed by atoms with Crippen molar-refractivity contribution in [3.05, 3.63) is 70.6 Å². The third-order valence-corrected chi connectivity index (χ3v) is 3.73. The van der Waals surface area contributed by atoms with E-state index in [9.17, 15) is 0 Å². The minimum absolute atomic E-state index is 0.497. The van der Waals surface area contributed by atoms with Crippen LogP contribution in [0.1, 0.15) is 11.3 Å². The molecule has 0 saturated heterocycles. The van der Waals surface area contributed by atoms with Gasteiger partial charge >= 0.3 is 0 Å². The molecular weight excluding hydrogens is 304 g/mol. The summed E-state index contributed by atoms with van der Waals surface area (Å²) in [4.78, 5) is 0. The first-order valence-corrected chi connectivity index (χ1v) is 6.90. The highest BCUT2D eigenvalue weighted by Gasteiger charge is 2.04. The molecule has 0 bridgehead atoms. The molecule has 2 nitrogen and oxygen atoms in total. The monoisotopic (exact) mass is 316 g/mol. The second-order valence-electron chi connectivity index (χ2n) is 4.32. The number of fused-ring (bicyclic) bond motifs is 1. The quantitative estimate of drug-likeness (QED) is 0.682. The van der Waals surface area contributed by atoms with Crippen molar-refractivity contribution < 1.29 is 9.15 Å². The molecule has 0 aliphatic rings. The van der Waals surface area contributed by atoms with Crippen molar-refractivity contribution >= 4 is 26.7 Å². The summed E-state index contributed by atoms with van der Waals surface area (Å²) >= 11 is 3.57. The molecule has 0 unspecified atom stereocenters. The second-order valence-corrected chi connectivity index (χ2v) is 5.18. The predicted molar refractivity (Wildman–Crippen MR) is 78.8 cm³/mol. The second kappa shape index (κ2) is 5.59. The lowest BCUT2D eigenvalue weighted by Gasteiger charge is -2.08. The Balaban J connectivity index is 1.79. The van der Waals surface area contributed by atoms with Gasteiger partial charge in [0.05, 0.1) is 12.9 Å². The van der Waals surface area contributed by atoms with Crippen LogP contribution in [-0.4, -0.2) is 0 Å².